The van der Waals surface area contributed by atoms with Gasteiger partial charge in [0.2, 0.25) is 5.89 Å². The molecule has 0 spiro atoms. The highest BCUT2D eigenvalue weighted by atomic mass is 16.4. The standard InChI is InChI=1S/C31H27NO3/c1-21-16-18-26(25-15-9-8-10-22(25)17-19-28(33)34)27(20-21)31-32-29(23-11-4-2-5-12-23)30(35-31)24-13-6-3-7-14-24/h2-16,18,21H,17,19-20H2,1H3,(H,33,34). The van der Waals surface area contributed by atoms with Crippen LogP contribution in [0.3, 0.4) is 0 Å². The Morgan fingerprint density at radius 3 is 2.31 bits per heavy atom. The molecule has 4 aromatic rings. The summed E-state index contributed by atoms with van der Waals surface area (Å²) in [6.07, 6.45) is 5.70. The highest BCUT2D eigenvalue weighted by Gasteiger charge is 2.25. The molecule has 0 saturated heterocycles. The van der Waals surface area contributed by atoms with E-state index in [1.54, 1.807) is 0 Å². The number of aryl methyl sites for hydroxylation is 1. The lowest BCUT2D eigenvalue weighted by molar-refractivity contribution is -0.136. The van der Waals surface area contributed by atoms with Gasteiger partial charge in [-0.25, -0.2) is 4.98 Å². The molecule has 0 fully saturated rings. The van der Waals surface area contributed by atoms with Crippen molar-refractivity contribution in [3.05, 3.63) is 114 Å². The second kappa shape index (κ2) is 9.98. The molecule has 1 aliphatic rings. The lowest BCUT2D eigenvalue weighted by atomic mass is 9.85. The summed E-state index contributed by atoms with van der Waals surface area (Å²) in [6.45, 7) is 2.18. The molecule has 4 heteroatoms. The van der Waals surface area contributed by atoms with Crippen molar-refractivity contribution in [2.45, 2.75) is 26.2 Å². The maximum Gasteiger partial charge on any atom is 0.303 e. The van der Waals surface area contributed by atoms with Gasteiger partial charge in [-0.1, -0.05) is 104 Å². The van der Waals surface area contributed by atoms with Gasteiger partial charge in [0.25, 0.3) is 0 Å². The molecule has 1 atom stereocenters. The van der Waals surface area contributed by atoms with Crippen LogP contribution in [0.2, 0.25) is 0 Å². The first kappa shape index (κ1) is 22.6. The van der Waals surface area contributed by atoms with Gasteiger partial charge in [-0.05, 0) is 35.5 Å². The summed E-state index contributed by atoms with van der Waals surface area (Å²) in [5.74, 6) is 0.906. The van der Waals surface area contributed by atoms with Crippen LogP contribution in [0.15, 0.2) is 101 Å². The topological polar surface area (TPSA) is 63.3 Å². The Morgan fingerprint density at radius 2 is 1.60 bits per heavy atom. The van der Waals surface area contributed by atoms with Crippen molar-refractivity contribution >= 4 is 17.1 Å². The third kappa shape index (κ3) is 4.87. The molecule has 174 valence electrons. The van der Waals surface area contributed by atoms with Crippen LogP contribution < -0.4 is 0 Å². The largest absolute Gasteiger partial charge is 0.481 e. The zero-order chi connectivity index (χ0) is 24.2. The van der Waals surface area contributed by atoms with E-state index in [2.05, 4.69) is 25.1 Å². The average molecular weight is 462 g/mol. The number of rotatable bonds is 7. The van der Waals surface area contributed by atoms with E-state index in [9.17, 15) is 9.90 Å². The molecule has 0 aliphatic heterocycles. The summed E-state index contributed by atoms with van der Waals surface area (Å²) in [4.78, 5) is 16.3. The Labute approximate surface area is 205 Å². The molecule has 0 radical (unpaired) electrons. The van der Waals surface area contributed by atoms with E-state index in [0.717, 1.165) is 51.3 Å². The Bertz CT molecular complexity index is 1340. The van der Waals surface area contributed by atoms with Gasteiger partial charge < -0.3 is 9.52 Å². The third-order valence-electron chi connectivity index (χ3n) is 6.33. The molecule has 5 rings (SSSR count). The number of carbonyl (C=O) groups is 1. The molecule has 1 N–H and O–H groups in total. The van der Waals surface area contributed by atoms with Crippen molar-refractivity contribution in [2.24, 2.45) is 5.92 Å². The number of oxazole rings is 1. The van der Waals surface area contributed by atoms with E-state index in [1.807, 2.05) is 78.9 Å². The Kier molecular flexibility index (Phi) is 6.44. The van der Waals surface area contributed by atoms with Crippen LogP contribution in [0.25, 0.3) is 33.7 Å². The Hall–Kier alpha value is -4.18. The van der Waals surface area contributed by atoms with Crippen LogP contribution in [0.5, 0.6) is 0 Å². The number of carboxylic acid groups (broad SMARTS) is 1. The molecule has 1 unspecified atom stereocenters. The van der Waals surface area contributed by atoms with E-state index in [4.69, 9.17) is 9.40 Å². The highest BCUT2D eigenvalue weighted by Crippen LogP contribution is 2.41. The van der Waals surface area contributed by atoms with Gasteiger partial charge in [-0.15, -0.1) is 0 Å². The van der Waals surface area contributed by atoms with E-state index in [0.29, 0.717) is 18.2 Å². The molecule has 35 heavy (non-hydrogen) atoms. The molecule has 0 bridgehead atoms. The minimum absolute atomic E-state index is 0.0923. The van der Waals surface area contributed by atoms with E-state index < -0.39 is 5.97 Å². The molecule has 3 aromatic carbocycles. The molecule has 4 nitrogen and oxygen atoms in total. The SMILES string of the molecule is CC1C=CC(c2ccccc2CCC(=O)O)=C(c2nc(-c3ccccc3)c(-c3ccccc3)o2)C1. The van der Waals surface area contributed by atoms with Crippen LogP contribution in [-0.2, 0) is 11.2 Å². The minimum atomic E-state index is -0.797. The number of allylic oxidation sites excluding steroid dienone is 4. The second-order valence-electron chi connectivity index (χ2n) is 8.91. The van der Waals surface area contributed by atoms with Crippen molar-refractivity contribution in [2.75, 3.05) is 0 Å². The highest BCUT2D eigenvalue weighted by molar-refractivity contribution is 5.96. The fourth-order valence-electron chi connectivity index (χ4n) is 4.58. The van der Waals surface area contributed by atoms with Crippen molar-refractivity contribution in [3.63, 3.8) is 0 Å². The second-order valence-corrected chi connectivity index (χ2v) is 8.91. The first-order valence-corrected chi connectivity index (χ1v) is 11.9. The monoisotopic (exact) mass is 461 g/mol. The van der Waals surface area contributed by atoms with Gasteiger partial charge in [-0.2, -0.15) is 0 Å². The number of aliphatic carboxylic acids is 1. The molecule has 0 amide bonds. The zero-order valence-electron chi connectivity index (χ0n) is 19.6. The zero-order valence-corrected chi connectivity index (χ0v) is 19.6. The fourth-order valence-corrected chi connectivity index (χ4v) is 4.58. The summed E-state index contributed by atoms with van der Waals surface area (Å²) >= 11 is 0. The van der Waals surface area contributed by atoms with E-state index in [-0.39, 0.29) is 6.42 Å². The summed E-state index contributed by atoms with van der Waals surface area (Å²) in [7, 11) is 0. The molecule has 1 aliphatic carbocycles. The van der Waals surface area contributed by atoms with Gasteiger partial charge in [-0.3, -0.25) is 4.79 Å². The lowest BCUT2D eigenvalue weighted by Gasteiger charge is -2.20. The number of benzene rings is 3. The van der Waals surface area contributed by atoms with Crippen molar-refractivity contribution < 1.29 is 14.3 Å². The summed E-state index contributed by atoms with van der Waals surface area (Å²) in [5, 5.41) is 9.24. The van der Waals surface area contributed by atoms with Gasteiger partial charge in [0.15, 0.2) is 5.76 Å². The summed E-state index contributed by atoms with van der Waals surface area (Å²) in [6, 6.07) is 28.2. The predicted molar refractivity (Wildman–Crippen MR) is 140 cm³/mol. The van der Waals surface area contributed by atoms with Crippen LogP contribution >= 0.6 is 0 Å². The van der Waals surface area contributed by atoms with Crippen LogP contribution in [-0.4, -0.2) is 16.1 Å². The minimum Gasteiger partial charge on any atom is -0.481 e. The Balaban J connectivity index is 1.68. The summed E-state index contributed by atoms with van der Waals surface area (Å²) < 4.78 is 6.54. The van der Waals surface area contributed by atoms with Gasteiger partial charge in [0.1, 0.15) is 5.69 Å². The van der Waals surface area contributed by atoms with Gasteiger partial charge >= 0.3 is 5.97 Å². The molecule has 1 aromatic heterocycles. The molecule has 0 saturated carbocycles. The number of hydrogen-bond acceptors (Lipinski definition) is 3. The van der Waals surface area contributed by atoms with Crippen molar-refractivity contribution in [1.29, 1.82) is 0 Å². The number of nitrogens with zero attached hydrogens (tertiary/aromatic N) is 1. The number of hydrogen-bond donors (Lipinski definition) is 1. The number of carboxylic acids is 1. The van der Waals surface area contributed by atoms with Gasteiger partial charge in [0, 0.05) is 23.1 Å². The number of aromatic nitrogens is 1. The first-order valence-electron chi connectivity index (χ1n) is 11.9. The average Bonchev–Trinajstić information content (AvgIpc) is 3.34. The quantitative estimate of drug-likeness (QED) is 0.309. The normalized spacial score (nSPS) is 15.4. The van der Waals surface area contributed by atoms with Crippen LogP contribution in [0.1, 0.15) is 36.8 Å². The van der Waals surface area contributed by atoms with Crippen LogP contribution in [0, 0.1) is 5.92 Å². The van der Waals surface area contributed by atoms with Crippen molar-refractivity contribution in [3.8, 4) is 22.6 Å². The Morgan fingerprint density at radius 1 is 0.943 bits per heavy atom. The van der Waals surface area contributed by atoms with Crippen molar-refractivity contribution in [1.82, 2.24) is 4.98 Å². The molecule has 1 heterocycles. The molecular weight excluding hydrogens is 434 g/mol. The van der Waals surface area contributed by atoms with Gasteiger partial charge in [0.05, 0.1) is 0 Å². The predicted octanol–water partition coefficient (Wildman–Crippen LogP) is 7.53. The van der Waals surface area contributed by atoms with E-state index in [1.165, 1.54) is 0 Å². The van der Waals surface area contributed by atoms with E-state index >= 15 is 0 Å². The lowest BCUT2D eigenvalue weighted by Crippen LogP contribution is -2.05. The smallest absolute Gasteiger partial charge is 0.303 e. The maximum atomic E-state index is 11.2. The summed E-state index contributed by atoms with van der Waals surface area (Å²) in [5.41, 5.74) is 6.94. The fraction of sp³-hybridized carbons (Fsp3) is 0.161. The third-order valence-corrected chi connectivity index (χ3v) is 6.33. The van der Waals surface area contributed by atoms with Crippen LogP contribution in [0.4, 0.5) is 0 Å². The molecular formula is C31H27NO3. The first-order chi connectivity index (χ1) is 17.1. The maximum absolute atomic E-state index is 11.2.